The van der Waals surface area contributed by atoms with Crippen molar-refractivity contribution in [2.24, 2.45) is 0 Å². The number of halogens is 2. The van der Waals surface area contributed by atoms with Gasteiger partial charge in [-0.15, -0.1) is 0 Å². The predicted molar refractivity (Wildman–Crippen MR) is 70.8 cm³/mol. The quantitative estimate of drug-likeness (QED) is 0.646. The van der Waals surface area contributed by atoms with Gasteiger partial charge in [-0.1, -0.05) is 15.9 Å². The van der Waals surface area contributed by atoms with E-state index in [2.05, 4.69) is 26.0 Å². The maximum Gasteiger partial charge on any atom is 0.321 e. The molecule has 6 heteroatoms. The van der Waals surface area contributed by atoms with Crippen LogP contribution in [0.2, 0.25) is 0 Å². The molecule has 0 fully saturated rings. The first-order chi connectivity index (χ1) is 8.58. The Morgan fingerprint density at radius 1 is 1.56 bits per heavy atom. The maximum absolute atomic E-state index is 13.5. The fraction of sp³-hybridized carbons (Fsp3) is 0.417. The summed E-state index contributed by atoms with van der Waals surface area (Å²) in [4.78, 5) is 10.7. The van der Waals surface area contributed by atoms with Gasteiger partial charge in [-0.2, -0.15) is 0 Å². The molecule has 0 spiro atoms. The molecule has 0 bridgehead atoms. The summed E-state index contributed by atoms with van der Waals surface area (Å²) in [6.45, 7) is 2.51. The van der Waals surface area contributed by atoms with Gasteiger partial charge in [0.1, 0.15) is 4.83 Å². The fourth-order valence-corrected chi connectivity index (χ4v) is 1.65. The molecule has 0 aromatic heterocycles. The van der Waals surface area contributed by atoms with Crippen LogP contribution in [0.4, 0.5) is 10.1 Å². The minimum absolute atomic E-state index is 0.214. The highest BCUT2D eigenvalue weighted by atomic mass is 79.9. The van der Waals surface area contributed by atoms with E-state index in [9.17, 15) is 9.18 Å². The van der Waals surface area contributed by atoms with Crippen molar-refractivity contribution in [1.29, 1.82) is 0 Å². The lowest BCUT2D eigenvalue weighted by atomic mass is 10.3. The van der Waals surface area contributed by atoms with Crippen LogP contribution in [0.3, 0.4) is 0 Å². The molecule has 0 amide bonds. The van der Waals surface area contributed by atoms with Crippen LogP contribution in [-0.2, 0) is 9.53 Å². The molecule has 0 aliphatic heterocycles. The minimum Gasteiger partial charge on any atom is -0.491 e. The summed E-state index contributed by atoms with van der Waals surface area (Å²) in [6.07, 6.45) is 0. The molecule has 1 unspecified atom stereocenters. The normalized spacial score (nSPS) is 11.8. The third kappa shape index (κ3) is 4.18. The monoisotopic (exact) mass is 319 g/mol. The molecule has 0 aliphatic rings. The summed E-state index contributed by atoms with van der Waals surface area (Å²) in [7, 11) is 1.31. The molecule has 0 heterocycles. The van der Waals surface area contributed by atoms with Crippen LogP contribution in [0.5, 0.6) is 5.75 Å². The van der Waals surface area contributed by atoms with Crippen molar-refractivity contribution in [3.8, 4) is 5.75 Å². The summed E-state index contributed by atoms with van der Waals surface area (Å²) in [5, 5.41) is 2.93. The minimum atomic E-state index is -0.475. The van der Waals surface area contributed by atoms with E-state index < -0.39 is 10.6 Å². The molecule has 1 N–H and O–H groups in total. The lowest BCUT2D eigenvalue weighted by Crippen LogP contribution is -2.24. The van der Waals surface area contributed by atoms with E-state index in [4.69, 9.17) is 4.74 Å². The standard InChI is InChI=1S/C12H15BrFNO3/c1-3-18-11-5-4-8(6-10(11)14)15-7-9(13)12(16)17-2/h4-6,9,15H,3,7H2,1-2H3. The molecule has 0 radical (unpaired) electrons. The first-order valence-electron chi connectivity index (χ1n) is 5.46. The highest BCUT2D eigenvalue weighted by Gasteiger charge is 2.14. The second-order valence-electron chi connectivity index (χ2n) is 3.45. The Bertz CT molecular complexity index is 414. The van der Waals surface area contributed by atoms with Crippen molar-refractivity contribution >= 4 is 27.6 Å². The smallest absolute Gasteiger partial charge is 0.321 e. The largest absolute Gasteiger partial charge is 0.491 e. The molecule has 1 rings (SSSR count). The van der Waals surface area contributed by atoms with Crippen molar-refractivity contribution in [3.05, 3.63) is 24.0 Å². The zero-order chi connectivity index (χ0) is 13.5. The highest BCUT2D eigenvalue weighted by Crippen LogP contribution is 2.21. The van der Waals surface area contributed by atoms with E-state index in [0.717, 1.165) is 0 Å². The second-order valence-corrected chi connectivity index (χ2v) is 4.56. The van der Waals surface area contributed by atoms with Crippen molar-refractivity contribution in [2.75, 3.05) is 25.6 Å². The van der Waals surface area contributed by atoms with Crippen molar-refractivity contribution in [3.63, 3.8) is 0 Å². The third-order valence-corrected chi connectivity index (χ3v) is 2.87. The summed E-state index contributed by atoms with van der Waals surface area (Å²) >= 11 is 3.16. The predicted octanol–water partition coefficient (Wildman–Crippen LogP) is 2.57. The van der Waals surface area contributed by atoms with Crippen LogP contribution in [-0.4, -0.2) is 31.1 Å². The summed E-state index contributed by atoms with van der Waals surface area (Å²) in [5.74, 6) is -0.605. The number of methoxy groups -OCH3 is 1. The van der Waals surface area contributed by atoms with Crippen LogP contribution in [0.25, 0.3) is 0 Å². The number of rotatable bonds is 6. The zero-order valence-electron chi connectivity index (χ0n) is 10.2. The van der Waals surface area contributed by atoms with E-state index in [1.807, 2.05) is 0 Å². The number of alkyl halides is 1. The average Bonchev–Trinajstić information content (AvgIpc) is 2.38. The van der Waals surface area contributed by atoms with Crippen LogP contribution >= 0.6 is 15.9 Å². The Morgan fingerprint density at radius 2 is 2.28 bits per heavy atom. The van der Waals surface area contributed by atoms with Gasteiger partial charge in [0.05, 0.1) is 13.7 Å². The molecule has 100 valence electrons. The number of carbonyl (C=O) groups is 1. The van der Waals surface area contributed by atoms with E-state index in [-0.39, 0.29) is 11.7 Å². The van der Waals surface area contributed by atoms with Gasteiger partial charge in [0.15, 0.2) is 11.6 Å². The van der Waals surface area contributed by atoms with Crippen LogP contribution in [0.15, 0.2) is 18.2 Å². The average molecular weight is 320 g/mol. The van der Waals surface area contributed by atoms with Gasteiger partial charge in [-0.25, -0.2) is 4.39 Å². The number of hydrogen-bond acceptors (Lipinski definition) is 4. The van der Waals surface area contributed by atoms with Gasteiger partial charge in [0.25, 0.3) is 0 Å². The first kappa shape index (κ1) is 14.8. The van der Waals surface area contributed by atoms with Gasteiger partial charge in [-0.3, -0.25) is 4.79 Å². The number of carbonyl (C=O) groups excluding carboxylic acids is 1. The fourth-order valence-electron chi connectivity index (χ4n) is 1.30. The molecule has 4 nitrogen and oxygen atoms in total. The Morgan fingerprint density at radius 3 is 2.83 bits per heavy atom. The van der Waals surface area contributed by atoms with Gasteiger partial charge in [-0.05, 0) is 19.1 Å². The zero-order valence-corrected chi connectivity index (χ0v) is 11.8. The van der Waals surface area contributed by atoms with Gasteiger partial charge < -0.3 is 14.8 Å². The number of nitrogens with one attached hydrogen (secondary N) is 1. The number of ether oxygens (including phenoxy) is 2. The number of esters is 1. The Balaban J connectivity index is 2.58. The molecule has 0 saturated heterocycles. The maximum atomic E-state index is 13.5. The molecule has 18 heavy (non-hydrogen) atoms. The third-order valence-electron chi connectivity index (χ3n) is 2.17. The summed E-state index contributed by atoms with van der Waals surface area (Å²) in [6, 6.07) is 4.55. The van der Waals surface area contributed by atoms with Crippen LogP contribution in [0.1, 0.15) is 6.92 Å². The van der Waals surface area contributed by atoms with Gasteiger partial charge in [0, 0.05) is 18.3 Å². The lowest BCUT2D eigenvalue weighted by molar-refractivity contribution is -0.139. The Labute approximate surface area is 114 Å². The van der Waals surface area contributed by atoms with Gasteiger partial charge >= 0.3 is 5.97 Å². The lowest BCUT2D eigenvalue weighted by Gasteiger charge is -2.11. The summed E-state index contributed by atoms with van der Waals surface area (Å²) in [5.41, 5.74) is 0.573. The highest BCUT2D eigenvalue weighted by molar-refractivity contribution is 9.10. The topological polar surface area (TPSA) is 47.6 Å². The van der Waals surface area contributed by atoms with E-state index in [0.29, 0.717) is 18.8 Å². The van der Waals surface area contributed by atoms with Crippen molar-refractivity contribution in [1.82, 2.24) is 0 Å². The molecule has 1 aromatic rings. The first-order valence-corrected chi connectivity index (χ1v) is 6.38. The molecule has 0 saturated carbocycles. The van der Waals surface area contributed by atoms with E-state index in [1.165, 1.54) is 13.2 Å². The molecule has 1 atom stereocenters. The van der Waals surface area contributed by atoms with Crippen molar-refractivity contribution < 1.29 is 18.7 Å². The van der Waals surface area contributed by atoms with Crippen LogP contribution in [0, 0.1) is 5.82 Å². The Kier molecular flexibility index (Phi) is 5.91. The van der Waals surface area contributed by atoms with Gasteiger partial charge in [0.2, 0.25) is 0 Å². The van der Waals surface area contributed by atoms with Crippen LogP contribution < -0.4 is 10.1 Å². The number of benzene rings is 1. The number of hydrogen-bond donors (Lipinski definition) is 1. The van der Waals surface area contributed by atoms with Crippen molar-refractivity contribution in [2.45, 2.75) is 11.8 Å². The van der Waals surface area contributed by atoms with E-state index >= 15 is 0 Å². The summed E-state index contributed by atoms with van der Waals surface area (Å²) < 4.78 is 23.2. The molecule has 1 aromatic carbocycles. The van der Waals surface area contributed by atoms with E-state index in [1.54, 1.807) is 19.1 Å². The molecular formula is C12H15BrFNO3. The molecule has 0 aliphatic carbocycles. The Hall–Kier alpha value is -1.30. The molecular weight excluding hydrogens is 305 g/mol. The number of anilines is 1. The SMILES string of the molecule is CCOc1ccc(NCC(Br)C(=O)OC)cc1F. The second kappa shape index (κ2) is 7.20.